The predicted octanol–water partition coefficient (Wildman–Crippen LogP) is 7.17. The molecule has 1 N–H and O–H groups in total. The Labute approximate surface area is 189 Å². The molecular formula is C23H18Cl3NO3. The number of nitrogens with zero attached hydrogens (tertiary/aromatic N) is 1. The lowest BCUT2D eigenvalue weighted by Gasteiger charge is -2.19. The molecule has 0 spiro atoms. The van der Waals surface area contributed by atoms with Crippen molar-refractivity contribution < 1.29 is 14.6 Å². The molecule has 1 aromatic heterocycles. The van der Waals surface area contributed by atoms with Crippen molar-refractivity contribution in [3.63, 3.8) is 0 Å². The van der Waals surface area contributed by atoms with Gasteiger partial charge < -0.3 is 9.84 Å². The number of aromatic carboxylic acids is 1. The van der Waals surface area contributed by atoms with Crippen molar-refractivity contribution in [2.75, 3.05) is 6.61 Å². The van der Waals surface area contributed by atoms with Gasteiger partial charge in [-0.3, -0.25) is 0 Å². The van der Waals surface area contributed by atoms with Crippen molar-refractivity contribution in [2.24, 2.45) is 5.92 Å². The van der Waals surface area contributed by atoms with Crippen molar-refractivity contribution in [1.29, 1.82) is 0 Å². The molecule has 0 unspecified atom stereocenters. The number of benzene rings is 2. The van der Waals surface area contributed by atoms with E-state index in [2.05, 4.69) is 4.98 Å². The van der Waals surface area contributed by atoms with Gasteiger partial charge in [0.05, 0.1) is 17.3 Å². The van der Waals surface area contributed by atoms with Gasteiger partial charge in [-0.25, -0.2) is 9.78 Å². The Bertz CT molecular complexity index is 1130. The zero-order chi connectivity index (χ0) is 21.4. The molecule has 1 heterocycles. The van der Waals surface area contributed by atoms with Crippen LogP contribution in [0.4, 0.5) is 0 Å². The van der Waals surface area contributed by atoms with Crippen LogP contribution < -0.4 is 4.74 Å². The van der Waals surface area contributed by atoms with Crippen molar-refractivity contribution in [2.45, 2.75) is 19.8 Å². The second kappa shape index (κ2) is 8.46. The van der Waals surface area contributed by atoms with Crippen LogP contribution in [-0.4, -0.2) is 22.7 Å². The second-order valence-corrected chi connectivity index (χ2v) is 8.61. The largest absolute Gasteiger partial charge is 0.477 e. The Balaban J connectivity index is 1.98. The van der Waals surface area contributed by atoms with Crippen LogP contribution in [0.15, 0.2) is 42.5 Å². The summed E-state index contributed by atoms with van der Waals surface area (Å²) in [5.41, 5.74) is 3.21. The minimum Gasteiger partial charge on any atom is -0.477 e. The van der Waals surface area contributed by atoms with Crippen LogP contribution in [0.2, 0.25) is 15.1 Å². The number of aromatic nitrogens is 1. The molecule has 0 atom stereocenters. The van der Waals surface area contributed by atoms with Gasteiger partial charge in [-0.15, -0.1) is 0 Å². The molecule has 30 heavy (non-hydrogen) atoms. The van der Waals surface area contributed by atoms with Crippen LogP contribution in [0, 0.1) is 12.8 Å². The Morgan fingerprint density at radius 3 is 2.37 bits per heavy atom. The van der Waals surface area contributed by atoms with Gasteiger partial charge in [0.2, 0.25) is 5.88 Å². The SMILES string of the molecule is Cc1c(C(=O)O)c(OCC2CC2)nc(-c2ccc(Cl)cc2Cl)c1-c1ccc(Cl)cc1. The van der Waals surface area contributed by atoms with E-state index in [-0.39, 0.29) is 11.4 Å². The minimum absolute atomic E-state index is 0.0504. The molecule has 1 aliphatic carbocycles. The molecule has 0 saturated heterocycles. The van der Waals surface area contributed by atoms with Crippen molar-refractivity contribution in [3.05, 3.63) is 68.7 Å². The first-order valence-corrected chi connectivity index (χ1v) is 10.6. The summed E-state index contributed by atoms with van der Waals surface area (Å²) in [5.74, 6) is -0.535. The average Bonchev–Trinajstić information content (AvgIpc) is 3.51. The van der Waals surface area contributed by atoms with E-state index in [0.29, 0.717) is 50.0 Å². The number of rotatable bonds is 6. The molecule has 1 saturated carbocycles. The van der Waals surface area contributed by atoms with E-state index in [1.165, 1.54) is 0 Å². The molecule has 1 fully saturated rings. The normalized spacial score (nSPS) is 13.3. The number of halogens is 3. The first-order chi connectivity index (χ1) is 14.3. The average molecular weight is 463 g/mol. The molecule has 4 rings (SSSR count). The van der Waals surface area contributed by atoms with Gasteiger partial charge in [0, 0.05) is 21.2 Å². The number of hydrogen-bond donors (Lipinski definition) is 1. The van der Waals surface area contributed by atoms with E-state index in [0.717, 1.165) is 18.4 Å². The fraction of sp³-hybridized carbons (Fsp3) is 0.217. The molecule has 7 heteroatoms. The minimum atomic E-state index is -1.09. The van der Waals surface area contributed by atoms with Crippen LogP contribution in [-0.2, 0) is 0 Å². The zero-order valence-electron chi connectivity index (χ0n) is 16.1. The highest BCUT2D eigenvalue weighted by Gasteiger charge is 2.28. The smallest absolute Gasteiger partial charge is 0.341 e. The van der Waals surface area contributed by atoms with Gasteiger partial charge >= 0.3 is 5.97 Å². The Morgan fingerprint density at radius 1 is 1.10 bits per heavy atom. The number of hydrogen-bond acceptors (Lipinski definition) is 3. The lowest BCUT2D eigenvalue weighted by molar-refractivity contribution is 0.0690. The van der Waals surface area contributed by atoms with E-state index in [1.54, 1.807) is 37.3 Å². The van der Waals surface area contributed by atoms with Crippen LogP contribution in [0.1, 0.15) is 28.8 Å². The summed E-state index contributed by atoms with van der Waals surface area (Å²) < 4.78 is 5.86. The Hall–Kier alpha value is -2.27. The summed E-state index contributed by atoms with van der Waals surface area (Å²) in [6.07, 6.45) is 2.17. The summed E-state index contributed by atoms with van der Waals surface area (Å²) in [5, 5.41) is 11.4. The highest BCUT2D eigenvalue weighted by Crippen LogP contribution is 2.42. The Morgan fingerprint density at radius 2 is 1.77 bits per heavy atom. The fourth-order valence-electron chi connectivity index (χ4n) is 3.36. The monoisotopic (exact) mass is 461 g/mol. The molecule has 0 amide bonds. The van der Waals surface area contributed by atoms with E-state index >= 15 is 0 Å². The molecule has 0 radical (unpaired) electrons. The summed E-state index contributed by atoms with van der Waals surface area (Å²) in [4.78, 5) is 16.8. The lowest BCUT2D eigenvalue weighted by atomic mass is 9.92. The first kappa shape index (κ1) is 21.0. The number of carbonyl (C=O) groups is 1. The summed E-state index contributed by atoms with van der Waals surface area (Å²) >= 11 is 18.6. The van der Waals surface area contributed by atoms with Crippen LogP contribution in [0.25, 0.3) is 22.4 Å². The number of ether oxygens (including phenoxy) is 1. The van der Waals surface area contributed by atoms with Crippen molar-refractivity contribution >= 4 is 40.8 Å². The molecular weight excluding hydrogens is 445 g/mol. The van der Waals surface area contributed by atoms with E-state index in [9.17, 15) is 9.90 Å². The predicted molar refractivity (Wildman–Crippen MR) is 120 cm³/mol. The van der Waals surface area contributed by atoms with Crippen LogP contribution >= 0.6 is 34.8 Å². The zero-order valence-corrected chi connectivity index (χ0v) is 18.4. The maximum atomic E-state index is 12.1. The third kappa shape index (κ3) is 4.27. The van der Waals surface area contributed by atoms with Gasteiger partial charge in [-0.05, 0) is 67.1 Å². The highest BCUT2D eigenvalue weighted by atomic mass is 35.5. The molecule has 2 aromatic carbocycles. The van der Waals surface area contributed by atoms with Crippen molar-refractivity contribution in [3.8, 4) is 28.3 Å². The summed E-state index contributed by atoms with van der Waals surface area (Å²) in [6.45, 7) is 2.20. The van der Waals surface area contributed by atoms with Crippen LogP contribution in [0.3, 0.4) is 0 Å². The Kier molecular flexibility index (Phi) is 5.92. The third-order valence-electron chi connectivity index (χ3n) is 5.10. The van der Waals surface area contributed by atoms with Crippen LogP contribution in [0.5, 0.6) is 5.88 Å². The van der Waals surface area contributed by atoms with Gasteiger partial charge in [0.1, 0.15) is 5.56 Å². The molecule has 154 valence electrons. The van der Waals surface area contributed by atoms with E-state index in [4.69, 9.17) is 39.5 Å². The molecule has 0 aliphatic heterocycles. The van der Waals surface area contributed by atoms with E-state index in [1.807, 2.05) is 12.1 Å². The third-order valence-corrected chi connectivity index (χ3v) is 5.90. The standard InChI is InChI=1S/C23H18Cl3NO3/c1-12-19(14-4-6-15(24)7-5-14)21(17-9-8-16(25)10-18(17)26)27-22(20(12)23(28)29)30-11-13-2-3-13/h4-10,13H,2-3,11H2,1H3,(H,28,29). The van der Waals surface area contributed by atoms with Crippen molar-refractivity contribution in [1.82, 2.24) is 4.98 Å². The topological polar surface area (TPSA) is 59.4 Å². The first-order valence-electron chi connectivity index (χ1n) is 9.47. The molecule has 0 bridgehead atoms. The molecule has 4 nitrogen and oxygen atoms in total. The summed E-state index contributed by atoms with van der Waals surface area (Å²) in [7, 11) is 0. The second-order valence-electron chi connectivity index (χ2n) is 7.33. The number of carboxylic acids is 1. The highest BCUT2D eigenvalue weighted by molar-refractivity contribution is 6.36. The van der Waals surface area contributed by atoms with Gasteiger partial charge in [-0.2, -0.15) is 0 Å². The maximum Gasteiger partial charge on any atom is 0.341 e. The van der Waals surface area contributed by atoms with E-state index < -0.39 is 5.97 Å². The fourth-order valence-corrected chi connectivity index (χ4v) is 3.98. The molecule has 1 aliphatic rings. The number of carboxylic acid groups (broad SMARTS) is 1. The quantitative estimate of drug-likeness (QED) is 0.422. The maximum absolute atomic E-state index is 12.1. The van der Waals surface area contributed by atoms with Gasteiger partial charge in [0.25, 0.3) is 0 Å². The number of pyridine rings is 1. The lowest BCUT2D eigenvalue weighted by Crippen LogP contribution is -2.11. The molecule has 3 aromatic rings. The van der Waals surface area contributed by atoms with Gasteiger partial charge in [0.15, 0.2) is 0 Å². The van der Waals surface area contributed by atoms with Gasteiger partial charge in [-0.1, -0.05) is 46.9 Å². The summed E-state index contributed by atoms with van der Waals surface area (Å²) in [6, 6.07) is 12.3.